The van der Waals surface area contributed by atoms with Crippen LogP contribution in [0.1, 0.15) is 29.0 Å². The lowest BCUT2D eigenvalue weighted by molar-refractivity contribution is 0.327. The molecule has 2 N–H and O–H groups in total. The van der Waals surface area contributed by atoms with Crippen LogP contribution in [-0.4, -0.2) is 18.0 Å². The number of halogens is 1. The first-order chi connectivity index (χ1) is 10.3. The lowest BCUT2D eigenvalue weighted by Gasteiger charge is -2.17. The molecule has 2 nitrogen and oxygen atoms in total. The van der Waals surface area contributed by atoms with Gasteiger partial charge in [-0.25, -0.2) is 0 Å². The van der Waals surface area contributed by atoms with Crippen molar-refractivity contribution in [3.05, 3.63) is 70.2 Å². The van der Waals surface area contributed by atoms with Crippen LogP contribution in [0.5, 0.6) is 0 Å². The van der Waals surface area contributed by atoms with Gasteiger partial charge in [-0.3, -0.25) is 4.90 Å². The Hall–Kier alpha value is -1.35. The minimum absolute atomic E-state index is 0.541. The number of hydrogen-bond acceptors (Lipinski definition) is 2. The van der Waals surface area contributed by atoms with Gasteiger partial charge >= 0.3 is 0 Å². The van der Waals surface area contributed by atoms with Crippen LogP contribution in [0.25, 0.3) is 0 Å². The molecule has 0 aliphatic carbocycles. The van der Waals surface area contributed by atoms with E-state index >= 15 is 0 Å². The predicted octanol–water partition coefficient (Wildman–Crippen LogP) is 3.79. The van der Waals surface area contributed by atoms with E-state index < -0.39 is 0 Å². The third-order valence-electron chi connectivity index (χ3n) is 4.29. The number of rotatable bonds is 4. The fourth-order valence-corrected chi connectivity index (χ4v) is 3.32. The summed E-state index contributed by atoms with van der Waals surface area (Å²) in [5.74, 6) is 0.647. The summed E-state index contributed by atoms with van der Waals surface area (Å²) in [6.45, 7) is 3.71. The molecule has 1 aliphatic rings. The number of benzene rings is 2. The van der Waals surface area contributed by atoms with Crippen molar-refractivity contribution in [3.63, 3.8) is 0 Å². The fraction of sp³-hybridized carbons (Fsp3) is 0.333. The summed E-state index contributed by atoms with van der Waals surface area (Å²) < 4.78 is 0. The van der Waals surface area contributed by atoms with Gasteiger partial charge < -0.3 is 5.73 Å². The summed E-state index contributed by atoms with van der Waals surface area (Å²) >= 11 is 6.36. The van der Waals surface area contributed by atoms with Gasteiger partial charge in [0.1, 0.15) is 0 Å². The quantitative estimate of drug-likeness (QED) is 0.931. The maximum Gasteiger partial charge on any atom is 0.0454 e. The van der Waals surface area contributed by atoms with E-state index in [0.717, 1.165) is 30.2 Å². The summed E-state index contributed by atoms with van der Waals surface area (Å²) in [7, 11) is 0. The van der Waals surface area contributed by atoms with Gasteiger partial charge in [0, 0.05) is 24.7 Å². The van der Waals surface area contributed by atoms with E-state index in [9.17, 15) is 0 Å². The monoisotopic (exact) mass is 300 g/mol. The number of nitrogens with zero attached hydrogens (tertiary/aromatic N) is 1. The molecule has 1 atom stereocenters. The molecule has 1 unspecified atom stereocenters. The maximum absolute atomic E-state index is 6.36. The standard InChI is InChI=1S/C18H21ClN2/c19-18-10-14(11-20)6-7-17(18)13-21-9-8-16(12-21)15-4-2-1-3-5-15/h1-7,10,16H,8-9,11-13,20H2. The van der Waals surface area contributed by atoms with Crippen molar-refractivity contribution >= 4 is 11.6 Å². The average Bonchev–Trinajstić information content (AvgIpc) is 2.99. The highest BCUT2D eigenvalue weighted by molar-refractivity contribution is 6.31. The fourth-order valence-electron chi connectivity index (χ4n) is 3.06. The highest BCUT2D eigenvalue weighted by Gasteiger charge is 2.24. The van der Waals surface area contributed by atoms with Gasteiger partial charge in [-0.15, -0.1) is 0 Å². The molecule has 1 saturated heterocycles. The van der Waals surface area contributed by atoms with E-state index in [1.807, 2.05) is 6.07 Å². The molecule has 0 bridgehead atoms. The van der Waals surface area contributed by atoms with Crippen LogP contribution < -0.4 is 5.73 Å². The van der Waals surface area contributed by atoms with E-state index in [0.29, 0.717) is 12.5 Å². The molecule has 110 valence electrons. The van der Waals surface area contributed by atoms with Crippen molar-refractivity contribution < 1.29 is 0 Å². The molecule has 2 aromatic carbocycles. The predicted molar refractivity (Wildman–Crippen MR) is 88.4 cm³/mol. The van der Waals surface area contributed by atoms with Crippen molar-refractivity contribution in [3.8, 4) is 0 Å². The average molecular weight is 301 g/mol. The third kappa shape index (κ3) is 3.46. The van der Waals surface area contributed by atoms with Gasteiger partial charge in [0.2, 0.25) is 0 Å². The zero-order valence-corrected chi connectivity index (χ0v) is 12.9. The molecule has 1 aliphatic heterocycles. The summed E-state index contributed by atoms with van der Waals surface area (Å²) in [6.07, 6.45) is 1.22. The molecule has 0 saturated carbocycles. The first kappa shape index (κ1) is 14.6. The summed E-state index contributed by atoms with van der Waals surface area (Å²) in [5, 5.41) is 0.834. The second-order valence-electron chi connectivity index (χ2n) is 5.76. The van der Waals surface area contributed by atoms with Gasteiger partial charge in [0.15, 0.2) is 0 Å². The molecular weight excluding hydrogens is 280 g/mol. The van der Waals surface area contributed by atoms with Crippen LogP contribution in [0.15, 0.2) is 48.5 Å². The number of hydrogen-bond donors (Lipinski definition) is 1. The molecule has 0 spiro atoms. The molecule has 1 heterocycles. The Bertz CT molecular complexity index is 597. The van der Waals surface area contributed by atoms with Crippen molar-refractivity contribution in [2.24, 2.45) is 5.73 Å². The molecule has 0 amide bonds. The molecule has 0 radical (unpaired) electrons. The van der Waals surface area contributed by atoms with Crippen LogP contribution in [-0.2, 0) is 13.1 Å². The normalized spacial score (nSPS) is 19.0. The van der Waals surface area contributed by atoms with E-state index in [4.69, 9.17) is 17.3 Å². The highest BCUT2D eigenvalue weighted by atomic mass is 35.5. The van der Waals surface area contributed by atoms with Gasteiger partial charge in [-0.1, -0.05) is 54.1 Å². The topological polar surface area (TPSA) is 29.3 Å². The Morgan fingerprint density at radius 2 is 1.95 bits per heavy atom. The second-order valence-corrected chi connectivity index (χ2v) is 6.17. The molecule has 21 heavy (non-hydrogen) atoms. The molecule has 1 fully saturated rings. The molecule has 3 heteroatoms. The smallest absolute Gasteiger partial charge is 0.0454 e. The lowest BCUT2D eigenvalue weighted by atomic mass is 9.99. The Kier molecular flexibility index (Phi) is 4.59. The van der Waals surface area contributed by atoms with E-state index in [2.05, 4.69) is 47.4 Å². The second kappa shape index (κ2) is 6.61. The SMILES string of the molecule is NCc1ccc(CN2CCC(c3ccccc3)C2)c(Cl)c1. The van der Waals surface area contributed by atoms with Crippen molar-refractivity contribution in [1.29, 1.82) is 0 Å². The van der Waals surface area contributed by atoms with Crippen LogP contribution in [0.2, 0.25) is 5.02 Å². The molecular formula is C18H21ClN2. The van der Waals surface area contributed by atoms with Gasteiger partial charge in [0.25, 0.3) is 0 Å². The van der Waals surface area contributed by atoms with E-state index in [-0.39, 0.29) is 0 Å². The third-order valence-corrected chi connectivity index (χ3v) is 4.64. The summed E-state index contributed by atoms with van der Waals surface area (Å²) in [5.41, 5.74) is 9.38. The van der Waals surface area contributed by atoms with Crippen molar-refractivity contribution in [1.82, 2.24) is 4.90 Å². The van der Waals surface area contributed by atoms with Crippen LogP contribution in [0, 0.1) is 0 Å². The van der Waals surface area contributed by atoms with Gasteiger partial charge in [-0.05, 0) is 41.6 Å². The lowest BCUT2D eigenvalue weighted by Crippen LogP contribution is -2.20. The van der Waals surface area contributed by atoms with Crippen LogP contribution in [0.3, 0.4) is 0 Å². The van der Waals surface area contributed by atoms with Crippen LogP contribution >= 0.6 is 11.6 Å². The molecule has 0 aromatic heterocycles. The summed E-state index contributed by atoms with van der Waals surface area (Å²) in [4.78, 5) is 2.49. The highest BCUT2D eigenvalue weighted by Crippen LogP contribution is 2.29. The maximum atomic E-state index is 6.36. The van der Waals surface area contributed by atoms with Crippen molar-refractivity contribution in [2.75, 3.05) is 13.1 Å². The molecule has 3 rings (SSSR count). The minimum Gasteiger partial charge on any atom is -0.326 e. The Morgan fingerprint density at radius 1 is 1.14 bits per heavy atom. The van der Waals surface area contributed by atoms with Gasteiger partial charge in [-0.2, -0.15) is 0 Å². The number of likely N-dealkylation sites (tertiary alicyclic amines) is 1. The number of nitrogens with two attached hydrogens (primary N) is 1. The van der Waals surface area contributed by atoms with Crippen LogP contribution in [0.4, 0.5) is 0 Å². The van der Waals surface area contributed by atoms with Gasteiger partial charge in [0.05, 0.1) is 0 Å². The van der Waals surface area contributed by atoms with Crippen molar-refractivity contribution in [2.45, 2.75) is 25.4 Å². The first-order valence-corrected chi connectivity index (χ1v) is 7.88. The zero-order valence-electron chi connectivity index (χ0n) is 12.1. The minimum atomic E-state index is 0.541. The Morgan fingerprint density at radius 3 is 2.67 bits per heavy atom. The van der Waals surface area contributed by atoms with E-state index in [1.54, 1.807) is 0 Å². The summed E-state index contributed by atoms with van der Waals surface area (Å²) in [6, 6.07) is 17.0. The zero-order chi connectivity index (χ0) is 14.7. The largest absolute Gasteiger partial charge is 0.326 e. The Balaban J connectivity index is 1.65. The Labute approximate surface area is 131 Å². The first-order valence-electron chi connectivity index (χ1n) is 7.51. The molecule has 2 aromatic rings. The van der Waals surface area contributed by atoms with E-state index in [1.165, 1.54) is 17.5 Å².